The number of para-hydroxylation sites is 4. The van der Waals surface area contributed by atoms with Gasteiger partial charge in [-0.1, -0.05) is 101 Å². The number of rotatable bonds is 34. The summed E-state index contributed by atoms with van der Waals surface area (Å²) in [5.74, 6) is 0. The van der Waals surface area contributed by atoms with Crippen molar-refractivity contribution in [3.63, 3.8) is 0 Å². The van der Waals surface area contributed by atoms with Crippen molar-refractivity contribution in [3.8, 4) is 0 Å². The molecule has 0 bridgehead atoms. The van der Waals surface area contributed by atoms with Crippen LogP contribution in [0.15, 0.2) is 48.5 Å². The van der Waals surface area contributed by atoms with Crippen molar-refractivity contribution >= 4 is 22.7 Å². The summed E-state index contributed by atoms with van der Waals surface area (Å²) in [7, 11) is 19.4. The van der Waals surface area contributed by atoms with Gasteiger partial charge in [-0.3, -0.25) is 0 Å². The van der Waals surface area contributed by atoms with Crippen molar-refractivity contribution in [2.24, 2.45) is 0 Å². The number of hydrogen-bond acceptors (Lipinski definition) is 4. The van der Waals surface area contributed by atoms with Crippen LogP contribution in [0.5, 0.6) is 0 Å². The van der Waals surface area contributed by atoms with E-state index in [9.17, 15) is 0 Å². The maximum atomic E-state index is 8.96. The number of nitrogens with zero attached hydrogens (tertiary/aromatic N) is 6. The van der Waals surface area contributed by atoms with Gasteiger partial charge < -0.3 is 37.9 Å². The van der Waals surface area contributed by atoms with Gasteiger partial charge in [-0.15, -0.1) is 0 Å². The normalized spacial score (nSPS) is 13.6. The zero-order chi connectivity index (χ0) is 42.3. The highest BCUT2D eigenvalue weighted by atomic mass is 16.3. The van der Waals surface area contributed by atoms with Gasteiger partial charge in [-0.2, -0.15) is 0 Å². The van der Waals surface area contributed by atoms with E-state index in [4.69, 9.17) is 10.2 Å². The summed E-state index contributed by atoms with van der Waals surface area (Å²) in [5.41, 5.74) is 5.36. The fourth-order valence-electron chi connectivity index (χ4n) is 8.63. The molecule has 332 valence electrons. The minimum absolute atomic E-state index is 0.346. The molecule has 0 radical (unpaired) electrons. The van der Waals surface area contributed by atoms with E-state index in [0.29, 0.717) is 13.2 Å². The quantitative estimate of drug-likeness (QED) is 0.0547. The van der Waals surface area contributed by atoms with Crippen LogP contribution in [0.3, 0.4) is 0 Å². The highest BCUT2D eigenvalue weighted by molar-refractivity contribution is 5.93. The molecule has 0 saturated heterocycles. The average molecular weight is 811 g/mol. The lowest BCUT2D eigenvalue weighted by molar-refractivity contribution is -0.945. The largest absolute Gasteiger partial charge is 0.396 e. The Morgan fingerprint density at radius 1 is 0.310 bits per heavy atom. The molecule has 2 N–H and O–H groups in total. The maximum Gasteiger partial charge on any atom is 0.128 e. The van der Waals surface area contributed by atoms with Crippen LogP contribution in [-0.4, -0.2) is 163 Å². The number of anilines is 4. The van der Waals surface area contributed by atoms with Crippen LogP contribution < -0.4 is 9.80 Å². The Hall–Kier alpha value is -2.20. The molecule has 8 nitrogen and oxygen atoms in total. The standard InChI is InChI=1S/C50H94N6O2/c1-53(2,37-27-19-15-11-9-13-17-21-29-45-57)41-43-55(5,6)39-35-51-47-31-23-25-33-49(47)52(50-34-26-24-32-48(50)51)36-40-56(7,8)44-42-54(3,4)38-28-20-16-12-10-14-18-22-30-46-58/h23-26,31-34,57-58H,9-22,27-30,35-46H2,1-8H3/q+4. The molecule has 0 saturated carbocycles. The van der Waals surface area contributed by atoms with Crippen molar-refractivity contribution in [3.05, 3.63) is 48.5 Å². The zero-order valence-corrected chi connectivity index (χ0v) is 39.4. The second-order valence-electron chi connectivity index (χ2n) is 20.6. The average Bonchev–Trinajstić information content (AvgIpc) is 3.19. The van der Waals surface area contributed by atoms with Gasteiger partial charge in [-0.25, -0.2) is 0 Å². The Labute approximate surface area is 358 Å². The van der Waals surface area contributed by atoms with Crippen LogP contribution in [-0.2, 0) is 0 Å². The molecule has 1 aliphatic rings. The Kier molecular flexibility index (Phi) is 22.7. The first-order chi connectivity index (χ1) is 27.7. The topological polar surface area (TPSA) is 46.9 Å². The van der Waals surface area contributed by atoms with E-state index < -0.39 is 0 Å². The molecule has 0 unspecified atom stereocenters. The second kappa shape index (κ2) is 26.2. The highest BCUT2D eigenvalue weighted by Crippen LogP contribution is 2.47. The molecular formula is C50H94N6O2+4. The summed E-state index contributed by atoms with van der Waals surface area (Å²) >= 11 is 0. The predicted octanol–water partition coefficient (Wildman–Crippen LogP) is 9.59. The lowest BCUT2D eigenvalue weighted by Crippen LogP contribution is -2.53. The molecule has 1 heterocycles. The summed E-state index contributed by atoms with van der Waals surface area (Å²) in [4.78, 5) is 5.21. The van der Waals surface area contributed by atoms with E-state index in [1.807, 2.05) is 0 Å². The molecular weight excluding hydrogens is 717 g/mol. The van der Waals surface area contributed by atoms with Gasteiger partial charge in [0.15, 0.2) is 0 Å². The van der Waals surface area contributed by atoms with Gasteiger partial charge in [0.2, 0.25) is 0 Å². The molecule has 3 rings (SSSR count). The summed E-state index contributed by atoms with van der Waals surface area (Å²) in [6, 6.07) is 18.3. The highest BCUT2D eigenvalue weighted by Gasteiger charge is 2.32. The number of fused-ring (bicyclic) bond motifs is 2. The summed E-state index contributed by atoms with van der Waals surface area (Å²) in [6.45, 7) is 12.2. The molecule has 0 aromatic heterocycles. The number of benzene rings is 2. The van der Waals surface area contributed by atoms with Crippen LogP contribution in [0.4, 0.5) is 22.7 Å². The minimum Gasteiger partial charge on any atom is -0.396 e. The lowest BCUT2D eigenvalue weighted by Gasteiger charge is -2.43. The Bertz CT molecular complexity index is 1230. The molecule has 0 atom stereocenters. The molecule has 2 aromatic carbocycles. The van der Waals surface area contributed by atoms with Crippen LogP contribution in [0.1, 0.15) is 116 Å². The number of quaternary nitrogens is 4. The molecule has 8 heteroatoms. The summed E-state index contributed by atoms with van der Waals surface area (Å²) in [5, 5.41) is 17.9. The van der Waals surface area contributed by atoms with Gasteiger partial charge >= 0.3 is 0 Å². The molecule has 58 heavy (non-hydrogen) atoms. The van der Waals surface area contributed by atoms with Crippen molar-refractivity contribution in [2.75, 3.05) is 145 Å². The number of likely N-dealkylation sites (N-methyl/N-ethyl adjacent to an activating group) is 4. The lowest BCUT2D eigenvalue weighted by atomic mass is 10.1. The Balaban J connectivity index is 1.48. The first-order valence-electron chi connectivity index (χ1n) is 23.9. The van der Waals surface area contributed by atoms with Crippen LogP contribution >= 0.6 is 0 Å². The molecule has 0 spiro atoms. The van der Waals surface area contributed by atoms with Gasteiger partial charge in [0, 0.05) is 13.2 Å². The molecule has 0 aliphatic carbocycles. The second-order valence-corrected chi connectivity index (χ2v) is 20.6. The van der Waals surface area contributed by atoms with Crippen LogP contribution in [0.25, 0.3) is 0 Å². The zero-order valence-electron chi connectivity index (χ0n) is 39.4. The fraction of sp³-hybridized carbons (Fsp3) is 0.760. The molecule has 2 aromatic rings. The Morgan fingerprint density at radius 3 is 0.793 bits per heavy atom. The monoisotopic (exact) mass is 811 g/mol. The Morgan fingerprint density at radius 2 is 0.534 bits per heavy atom. The molecule has 0 fully saturated rings. The molecule has 1 aliphatic heterocycles. The number of hydrogen-bond donors (Lipinski definition) is 2. The van der Waals surface area contributed by atoms with Crippen molar-refractivity contribution in [1.29, 1.82) is 0 Å². The fourth-order valence-corrected chi connectivity index (χ4v) is 8.63. The number of unbranched alkanes of at least 4 members (excludes halogenated alkanes) is 16. The smallest absolute Gasteiger partial charge is 0.128 e. The van der Waals surface area contributed by atoms with E-state index in [2.05, 4.69) is 115 Å². The van der Waals surface area contributed by atoms with Gasteiger partial charge in [0.05, 0.1) is 118 Å². The maximum absolute atomic E-state index is 8.96. The van der Waals surface area contributed by atoms with E-state index in [1.165, 1.54) is 165 Å². The summed E-state index contributed by atoms with van der Waals surface area (Å²) in [6.07, 6.45) is 23.0. The number of aliphatic hydroxyl groups is 2. The van der Waals surface area contributed by atoms with E-state index in [0.717, 1.165) is 57.0 Å². The van der Waals surface area contributed by atoms with Crippen molar-refractivity contribution in [2.45, 2.75) is 116 Å². The van der Waals surface area contributed by atoms with Crippen LogP contribution in [0.2, 0.25) is 0 Å². The first-order valence-corrected chi connectivity index (χ1v) is 23.9. The van der Waals surface area contributed by atoms with Gasteiger partial charge in [0.1, 0.15) is 26.2 Å². The third-order valence-corrected chi connectivity index (χ3v) is 13.2. The van der Waals surface area contributed by atoms with E-state index in [-0.39, 0.29) is 0 Å². The van der Waals surface area contributed by atoms with Gasteiger partial charge in [0.25, 0.3) is 0 Å². The third-order valence-electron chi connectivity index (χ3n) is 13.2. The molecule has 0 amide bonds. The third kappa shape index (κ3) is 19.5. The SMILES string of the molecule is C[N+](C)(CCCCCCCCCCCO)CC[N+](C)(C)CCN1c2ccccc2N(CC[N+](C)(C)CC[N+](C)(C)CCCCCCCCCCCO)c2ccccc21. The van der Waals surface area contributed by atoms with E-state index in [1.54, 1.807) is 0 Å². The first kappa shape index (κ1) is 50.2. The summed E-state index contributed by atoms with van der Waals surface area (Å²) < 4.78 is 4.26. The predicted molar refractivity (Wildman–Crippen MR) is 252 cm³/mol. The minimum atomic E-state index is 0.346. The van der Waals surface area contributed by atoms with Gasteiger partial charge in [-0.05, 0) is 62.8 Å². The van der Waals surface area contributed by atoms with Crippen molar-refractivity contribution < 1.29 is 28.1 Å². The number of aliphatic hydroxyl groups excluding tert-OH is 2. The van der Waals surface area contributed by atoms with Crippen molar-refractivity contribution in [1.82, 2.24) is 0 Å². The van der Waals surface area contributed by atoms with Crippen LogP contribution in [0, 0.1) is 0 Å². The van der Waals surface area contributed by atoms with E-state index >= 15 is 0 Å².